The van der Waals surface area contributed by atoms with Gasteiger partial charge in [-0.1, -0.05) is 6.42 Å². The number of benzene rings is 1. The van der Waals surface area contributed by atoms with Crippen molar-refractivity contribution in [3.63, 3.8) is 0 Å². The molecule has 1 heterocycles. The van der Waals surface area contributed by atoms with Crippen LogP contribution in [-0.2, 0) is 11.0 Å². The van der Waals surface area contributed by atoms with E-state index in [0.717, 1.165) is 38.1 Å². The van der Waals surface area contributed by atoms with Crippen LogP contribution in [0.3, 0.4) is 0 Å². The Kier molecular flexibility index (Phi) is 8.88. The molecule has 1 aromatic rings. The van der Waals surface area contributed by atoms with Crippen LogP contribution in [0, 0.1) is 10.1 Å². The molecule has 2 rings (SSSR count). The highest BCUT2D eigenvalue weighted by Crippen LogP contribution is 2.34. The molecule has 1 unspecified atom stereocenters. The zero-order valence-electron chi connectivity index (χ0n) is 17.1. The number of anilines is 1. The molecule has 0 saturated carbocycles. The number of unbranched alkanes of at least 4 members (excludes halogenated alkanes) is 1. The van der Waals surface area contributed by atoms with E-state index in [4.69, 9.17) is 0 Å². The van der Waals surface area contributed by atoms with Crippen molar-refractivity contribution >= 4 is 17.3 Å². The highest BCUT2D eigenvalue weighted by atomic mass is 19.4. The highest BCUT2D eigenvalue weighted by Gasteiger charge is 2.33. The average molecular weight is 430 g/mol. The van der Waals surface area contributed by atoms with E-state index < -0.39 is 22.4 Å². The SMILES string of the molecule is CC1CCCCN1CCCCNC(=O)CCNc1ccc(C(F)(F)F)cc1[N+](=O)[O-]. The third-order valence-electron chi connectivity index (χ3n) is 5.32. The van der Waals surface area contributed by atoms with Crippen LogP contribution in [0.2, 0.25) is 0 Å². The molecule has 1 aromatic carbocycles. The summed E-state index contributed by atoms with van der Waals surface area (Å²) < 4.78 is 38.2. The van der Waals surface area contributed by atoms with E-state index in [-0.39, 0.29) is 24.6 Å². The summed E-state index contributed by atoms with van der Waals surface area (Å²) in [6, 6.07) is 2.90. The van der Waals surface area contributed by atoms with Gasteiger partial charge in [0.1, 0.15) is 5.69 Å². The van der Waals surface area contributed by atoms with Gasteiger partial charge in [-0.05, 0) is 57.8 Å². The molecule has 1 amide bonds. The fourth-order valence-electron chi connectivity index (χ4n) is 3.57. The van der Waals surface area contributed by atoms with Gasteiger partial charge >= 0.3 is 6.18 Å². The number of hydrogen-bond donors (Lipinski definition) is 2. The summed E-state index contributed by atoms with van der Waals surface area (Å²) in [7, 11) is 0. The van der Waals surface area contributed by atoms with Gasteiger partial charge in [0.05, 0.1) is 10.5 Å². The van der Waals surface area contributed by atoms with Crippen LogP contribution >= 0.6 is 0 Å². The molecule has 10 heteroatoms. The molecular weight excluding hydrogens is 401 g/mol. The van der Waals surface area contributed by atoms with Gasteiger partial charge in [0, 0.05) is 31.6 Å². The molecule has 1 atom stereocenters. The van der Waals surface area contributed by atoms with Crippen LogP contribution < -0.4 is 10.6 Å². The second kappa shape index (κ2) is 11.1. The maximum Gasteiger partial charge on any atom is 0.416 e. The molecule has 1 fully saturated rings. The topological polar surface area (TPSA) is 87.5 Å². The fourth-order valence-corrected chi connectivity index (χ4v) is 3.57. The molecule has 0 radical (unpaired) electrons. The van der Waals surface area contributed by atoms with Crippen molar-refractivity contribution in [2.75, 3.05) is 31.5 Å². The number of amides is 1. The van der Waals surface area contributed by atoms with Crippen molar-refractivity contribution in [3.05, 3.63) is 33.9 Å². The van der Waals surface area contributed by atoms with Crippen molar-refractivity contribution in [1.82, 2.24) is 10.2 Å². The summed E-state index contributed by atoms with van der Waals surface area (Å²) in [5.41, 5.74) is -1.80. The van der Waals surface area contributed by atoms with Crippen molar-refractivity contribution in [2.24, 2.45) is 0 Å². The standard InChI is InChI=1S/C20H29F3N4O3/c1-15-6-2-4-12-26(15)13-5-3-10-25-19(28)9-11-24-17-8-7-16(20(21,22)23)14-18(17)27(29)30/h7-8,14-15,24H,2-6,9-13H2,1H3,(H,25,28). The Labute approximate surface area is 174 Å². The van der Waals surface area contributed by atoms with E-state index in [1.165, 1.54) is 19.3 Å². The van der Waals surface area contributed by atoms with Gasteiger partial charge in [-0.3, -0.25) is 14.9 Å². The van der Waals surface area contributed by atoms with Crippen LogP contribution in [0.5, 0.6) is 0 Å². The number of halogens is 3. The number of piperidine rings is 1. The van der Waals surface area contributed by atoms with Gasteiger partial charge in [-0.15, -0.1) is 0 Å². The number of nitro benzene ring substituents is 1. The Morgan fingerprint density at radius 1 is 1.27 bits per heavy atom. The highest BCUT2D eigenvalue weighted by molar-refractivity contribution is 5.76. The lowest BCUT2D eigenvalue weighted by molar-refractivity contribution is -0.384. The Bertz CT molecular complexity index is 728. The number of carbonyl (C=O) groups excluding carboxylic acids is 1. The summed E-state index contributed by atoms with van der Waals surface area (Å²) in [4.78, 5) is 24.6. The number of alkyl halides is 3. The van der Waals surface area contributed by atoms with Gasteiger partial charge in [0.25, 0.3) is 5.69 Å². The van der Waals surface area contributed by atoms with Crippen LogP contribution in [0.4, 0.5) is 24.5 Å². The normalized spacial score (nSPS) is 17.5. The lowest BCUT2D eigenvalue weighted by Gasteiger charge is -2.33. The summed E-state index contributed by atoms with van der Waals surface area (Å²) in [5, 5.41) is 16.5. The first-order valence-electron chi connectivity index (χ1n) is 10.3. The van der Waals surface area contributed by atoms with Gasteiger partial charge in [0.15, 0.2) is 0 Å². The van der Waals surface area contributed by atoms with E-state index in [2.05, 4.69) is 22.5 Å². The molecule has 0 aromatic heterocycles. The number of likely N-dealkylation sites (tertiary alicyclic amines) is 1. The number of hydrogen-bond acceptors (Lipinski definition) is 5. The third-order valence-corrected chi connectivity index (χ3v) is 5.32. The first kappa shape index (κ1) is 23.9. The second-order valence-electron chi connectivity index (χ2n) is 7.60. The monoisotopic (exact) mass is 430 g/mol. The van der Waals surface area contributed by atoms with Crippen LogP contribution in [0.1, 0.15) is 51.0 Å². The zero-order valence-corrected chi connectivity index (χ0v) is 17.1. The number of carbonyl (C=O) groups is 1. The minimum Gasteiger partial charge on any atom is -0.379 e. The number of rotatable bonds is 10. The molecule has 168 valence electrons. The second-order valence-corrected chi connectivity index (χ2v) is 7.60. The Morgan fingerprint density at radius 2 is 2.03 bits per heavy atom. The molecule has 1 aliphatic rings. The fraction of sp³-hybridized carbons (Fsp3) is 0.650. The minimum absolute atomic E-state index is 0.0450. The number of nitro groups is 1. The van der Waals surface area contributed by atoms with E-state index in [9.17, 15) is 28.1 Å². The smallest absolute Gasteiger partial charge is 0.379 e. The Balaban J connectivity index is 1.68. The van der Waals surface area contributed by atoms with Crippen molar-refractivity contribution in [1.29, 1.82) is 0 Å². The quantitative estimate of drug-likeness (QED) is 0.330. The van der Waals surface area contributed by atoms with Crippen molar-refractivity contribution in [3.8, 4) is 0 Å². The Hall–Kier alpha value is -2.36. The van der Waals surface area contributed by atoms with Crippen molar-refractivity contribution in [2.45, 2.75) is 57.7 Å². The van der Waals surface area contributed by atoms with E-state index in [1.54, 1.807) is 0 Å². The van der Waals surface area contributed by atoms with E-state index in [1.807, 2.05) is 0 Å². The number of nitrogens with one attached hydrogen (secondary N) is 2. The molecular formula is C20H29F3N4O3. The van der Waals surface area contributed by atoms with Gasteiger partial charge in [0.2, 0.25) is 5.91 Å². The van der Waals surface area contributed by atoms with E-state index >= 15 is 0 Å². The molecule has 0 aliphatic carbocycles. The molecule has 0 spiro atoms. The Morgan fingerprint density at radius 3 is 2.70 bits per heavy atom. The lowest BCUT2D eigenvalue weighted by Crippen LogP contribution is -2.38. The van der Waals surface area contributed by atoms with Gasteiger partial charge in [-0.2, -0.15) is 13.2 Å². The molecule has 7 nitrogen and oxygen atoms in total. The summed E-state index contributed by atoms with van der Waals surface area (Å²) >= 11 is 0. The predicted octanol–water partition coefficient (Wildman–Crippen LogP) is 4.19. The predicted molar refractivity (Wildman–Crippen MR) is 108 cm³/mol. The van der Waals surface area contributed by atoms with Crippen LogP contribution in [0.25, 0.3) is 0 Å². The molecule has 1 saturated heterocycles. The third kappa shape index (κ3) is 7.47. The van der Waals surface area contributed by atoms with Crippen molar-refractivity contribution < 1.29 is 22.9 Å². The molecule has 0 bridgehead atoms. The molecule has 2 N–H and O–H groups in total. The summed E-state index contributed by atoms with van der Waals surface area (Å²) in [5.74, 6) is -0.205. The van der Waals surface area contributed by atoms with Crippen LogP contribution in [-0.4, -0.2) is 48.0 Å². The number of nitrogens with zero attached hydrogens (tertiary/aromatic N) is 2. The summed E-state index contributed by atoms with van der Waals surface area (Å²) in [6.07, 6.45) is 1.05. The van der Waals surface area contributed by atoms with E-state index in [0.29, 0.717) is 18.7 Å². The first-order chi connectivity index (χ1) is 14.2. The molecule has 1 aliphatic heterocycles. The molecule has 30 heavy (non-hydrogen) atoms. The lowest BCUT2D eigenvalue weighted by atomic mass is 10.0. The maximum absolute atomic E-state index is 12.7. The first-order valence-corrected chi connectivity index (χ1v) is 10.3. The van der Waals surface area contributed by atoms with Gasteiger partial charge < -0.3 is 15.5 Å². The zero-order chi connectivity index (χ0) is 22.1. The maximum atomic E-state index is 12.7. The van der Waals surface area contributed by atoms with Crippen LogP contribution in [0.15, 0.2) is 18.2 Å². The largest absolute Gasteiger partial charge is 0.416 e. The summed E-state index contributed by atoms with van der Waals surface area (Å²) in [6.45, 7) is 5.05. The minimum atomic E-state index is -4.66. The average Bonchev–Trinajstić information content (AvgIpc) is 2.68. The van der Waals surface area contributed by atoms with Gasteiger partial charge in [-0.25, -0.2) is 0 Å².